The number of carbonyl (C=O) groups excluding carboxylic acids is 1. The molecule has 0 saturated carbocycles. The van der Waals surface area contributed by atoms with Crippen LogP contribution in [0.25, 0.3) is 10.1 Å². The van der Waals surface area contributed by atoms with Gasteiger partial charge in [-0.05, 0) is 25.1 Å². The van der Waals surface area contributed by atoms with E-state index in [9.17, 15) is 4.79 Å². The van der Waals surface area contributed by atoms with Gasteiger partial charge < -0.3 is 11.1 Å². The maximum absolute atomic E-state index is 12.3. The molecule has 21 heavy (non-hydrogen) atoms. The van der Waals surface area contributed by atoms with Gasteiger partial charge in [-0.1, -0.05) is 24.3 Å². The Morgan fingerprint density at radius 3 is 2.81 bits per heavy atom. The normalized spacial score (nSPS) is 10.7. The van der Waals surface area contributed by atoms with E-state index < -0.39 is 0 Å². The zero-order valence-electron chi connectivity index (χ0n) is 11.6. The summed E-state index contributed by atoms with van der Waals surface area (Å²) >= 11 is 1.41. The standard InChI is InChI=1S/C16H15N3OS/c1-10-5-4-6-11(19-10)9-18-16(20)15-14(17)12-7-2-3-8-13(12)21-15/h2-8H,9,17H2,1H3,(H,18,20). The monoisotopic (exact) mass is 297 g/mol. The number of rotatable bonds is 3. The van der Waals surface area contributed by atoms with Crippen LogP contribution in [0.15, 0.2) is 42.5 Å². The number of pyridine rings is 1. The first-order valence-electron chi connectivity index (χ1n) is 6.63. The smallest absolute Gasteiger partial charge is 0.263 e. The topological polar surface area (TPSA) is 68.0 Å². The molecule has 0 aliphatic carbocycles. The highest BCUT2D eigenvalue weighted by atomic mass is 32.1. The van der Waals surface area contributed by atoms with Crippen LogP contribution in [0.1, 0.15) is 21.1 Å². The molecule has 106 valence electrons. The molecule has 0 saturated heterocycles. The maximum atomic E-state index is 12.3. The number of nitrogens with zero attached hydrogens (tertiary/aromatic N) is 1. The molecule has 0 atom stereocenters. The van der Waals surface area contributed by atoms with Gasteiger partial charge in [0.05, 0.1) is 17.9 Å². The molecule has 0 unspecified atom stereocenters. The first kappa shape index (κ1) is 13.6. The summed E-state index contributed by atoms with van der Waals surface area (Å²) in [4.78, 5) is 17.2. The van der Waals surface area contributed by atoms with Crippen LogP contribution in [0.4, 0.5) is 5.69 Å². The van der Waals surface area contributed by atoms with Crippen LogP contribution in [0.2, 0.25) is 0 Å². The van der Waals surface area contributed by atoms with Gasteiger partial charge in [0.1, 0.15) is 4.88 Å². The third kappa shape index (κ3) is 2.73. The number of benzene rings is 1. The summed E-state index contributed by atoms with van der Waals surface area (Å²) in [6.45, 7) is 2.32. The molecule has 1 amide bonds. The predicted octanol–water partition coefficient (Wildman–Crippen LogP) is 3.12. The van der Waals surface area contributed by atoms with Gasteiger partial charge in [-0.15, -0.1) is 11.3 Å². The number of nitrogens with two attached hydrogens (primary N) is 1. The average Bonchev–Trinajstić information content (AvgIpc) is 2.83. The van der Waals surface area contributed by atoms with E-state index in [0.717, 1.165) is 21.5 Å². The van der Waals surface area contributed by atoms with Crippen molar-refractivity contribution in [2.75, 3.05) is 5.73 Å². The van der Waals surface area contributed by atoms with Crippen LogP contribution >= 0.6 is 11.3 Å². The number of carbonyl (C=O) groups is 1. The second kappa shape index (κ2) is 5.54. The Kier molecular flexibility index (Phi) is 3.58. The number of nitrogens with one attached hydrogen (secondary N) is 1. The molecule has 0 spiro atoms. The van der Waals surface area contributed by atoms with Gasteiger partial charge in [0, 0.05) is 15.8 Å². The lowest BCUT2D eigenvalue weighted by molar-refractivity contribution is 0.0955. The third-order valence-corrected chi connectivity index (χ3v) is 4.40. The van der Waals surface area contributed by atoms with Crippen molar-refractivity contribution in [1.29, 1.82) is 0 Å². The lowest BCUT2D eigenvalue weighted by atomic mass is 10.2. The van der Waals surface area contributed by atoms with Crippen LogP contribution in [-0.2, 0) is 6.54 Å². The van der Waals surface area contributed by atoms with Gasteiger partial charge in [0.2, 0.25) is 0 Å². The number of anilines is 1. The largest absolute Gasteiger partial charge is 0.397 e. The molecule has 0 radical (unpaired) electrons. The zero-order valence-corrected chi connectivity index (χ0v) is 12.4. The number of aromatic nitrogens is 1. The number of thiophene rings is 1. The molecule has 5 heteroatoms. The quantitative estimate of drug-likeness (QED) is 0.780. The van der Waals surface area contributed by atoms with Crippen molar-refractivity contribution in [3.8, 4) is 0 Å². The highest BCUT2D eigenvalue weighted by Gasteiger charge is 2.15. The zero-order chi connectivity index (χ0) is 14.8. The lowest BCUT2D eigenvalue weighted by Gasteiger charge is -2.04. The Morgan fingerprint density at radius 2 is 2.05 bits per heavy atom. The van der Waals surface area contributed by atoms with E-state index in [-0.39, 0.29) is 5.91 Å². The van der Waals surface area contributed by atoms with Gasteiger partial charge in [0.15, 0.2) is 0 Å². The molecular weight excluding hydrogens is 282 g/mol. The predicted molar refractivity (Wildman–Crippen MR) is 86.4 cm³/mol. The Balaban J connectivity index is 1.79. The molecule has 0 aliphatic heterocycles. The number of nitrogen functional groups attached to an aromatic ring is 1. The molecule has 3 N–H and O–H groups in total. The number of amides is 1. The minimum absolute atomic E-state index is 0.156. The van der Waals surface area contributed by atoms with E-state index in [4.69, 9.17) is 5.73 Å². The number of hydrogen-bond donors (Lipinski definition) is 2. The number of hydrogen-bond acceptors (Lipinski definition) is 4. The maximum Gasteiger partial charge on any atom is 0.263 e. The van der Waals surface area contributed by atoms with E-state index in [0.29, 0.717) is 17.1 Å². The van der Waals surface area contributed by atoms with Crippen LogP contribution in [0, 0.1) is 6.92 Å². The van der Waals surface area contributed by atoms with Crippen molar-refractivity contribution < 1.29 is 4.79 Å². The second-order valence-corrected chi connectivity index (χ2v) is 5.85. The van der Waals surface area contributed by atoms with E-state index in [2.05, 4.69) is 10.3 Å². The highest BCUT2D eigenvalue weighted by molar-refractivity contribution is 7.21. The van der Waals surface area contributed by atoms with Crippen molar-refractivity contribution in [2.45, 2.75) is 13.5 Å². The Hall–Kier alpha value is -2.40. The Bertz CT molecular complexity index is 810. The van der Waals surface area contributed by atoms with Crippen LogP contribution in [0.5, 0.6) is 0 Å². The minimum Gasteiger partial charge on any atom is -0.397 e. The van der Waals surface area contributed by atoms with Gasteiger partial charge in [-0.3, -0.25) is 9.78 Å². The lowest BCUT2D eigenvalue weighted by Crippen LogP contribution is -2.23. The van der Waals surface area contributed by atoms with Gasteiger partial charge >= 0.3 is 0 Å². The van der Waals surface area contributed by atoms with E-state index in [1.807, 2.05) is 49.4 Å². The molecule has 3 rings (SSSR count). The molecule has 0 fully saturated rings. The average molecular weight is 297 g/mol. The van der Waals surface area contributed by atoms with E-state index >= 15 is 0 Å². The summed E-state index contributed by atoms with van der Waals surface area (Å²) in [6, 6.07) is 13.5. The fourth-order valence-corrected chi connectivity index (χ4v) is 3.22. The van der Waals surface area contributed by atoms with E-state index in [1.54, 1.807) is 0 Å². The molecule has 4 nitrogen and oxygen atoms in total. The molecule has 0 aliphatic rings. The summed E-state index contributed by atoms with van der Waals surface area (Å²) in [5.41, 5.74) is 8.38. The van der Waals surface area contributed by atoms with Crippen LogP contribution in [0.3, 0.4) is 0 Å². The number of fused-ring (bicyclic) bond motifs is 1. The summed E-state index contributed by atoms with van der Waals surface area (Å²) < 4.78 is 1.02. The minimum atomic E-state index is -0.156. The summed E-state index contributed by atoms with van der Waals surface area (Å²) in [5.74, 6) is -0.156. The molecule has 2 aromatic heterocycles. The molecule has 1 aromatic carbocycles. The van der Waals surface area contributed by atoms with Crippen LogP contribution < -0.4 is 11.1 Å². The first-order chi connectivity index (χ1) is 10.1. The fourth-order valence-electron chi connectivity index (χ4n) is 2.18. The van der Waals surface area contributed by atoms with Crippen molar-refractivity contribution in [3.05, 3.63) is 58.7 Å². The molecule has 2 heterocycles. The Labute approximate surface area is 126 Å². The fraction of sp³-hybridized carbons (Fsp3) is 0.125. The highest BCUT2D eigenvalue weighted by Crippen LogP contribution is 2.33. The van der Waals surface area contributed by atoms with Crippen molar-refractivity contribution in [1.82, 2.24) is 10.3 Å². The molecule has 3 aromatic rings. The summed E-state index contributed by atoms with van der Waals surface area (Å²) in [7, 11) is 0. The molecular formula is C16H15N3OS. The second-order valence-electron chi connectivity index (χ2n) is 4.79. The van der Waals surface area contributed by atoms with Gasteiger partial charge in [-0.2, -0.15) is 0 Å². The van der Waals surface area contributed by atoms with Crippen molar-refractivity contribution >= 4 is 33.0 Å². The number of aryl methyl sites for hydroxylation is 1. The van der Waals surface area contributed by atoms with Crippen molar-refractivity contribution in [2.24, 2.45) is 0 Å². The van der Waals surface area contributed by atoms with E-state index in [1.165, 1.54) is 11.3 Å². The summed E-state index contributed by atoms with van der Waals surface area (Å²) in [5, 5.41) is 3.81. The SMILES string of the molecule is Cc1cccc(CNC(=O)c2sc3ccccc3c2N)n1. The first-order valence-corrected chi connectivity index (χ1v) is 7.44. The Morgan fingerprint density at radius 1 is 1.24 bits per heavy atom. The molecule has 0 bridgehead atoms. The third-order valence-electron chi connectivity index (χ3n) is 3.22. The van der Waals surface area contributed by atoms with Crippen LogP contribution in [-0.4, -0.2) is 10.9 Å². The summed E-state index contributed by atoms with van der Waals surface area (Å²) in [6.07, 6.45) is 0. The van der Waals surface area contributed by atoms with Crippen molar-refractivity contribution in [3.63, 3.8) is 0 Å². The van der Waals surface area contributed by atoms with Gasteiger partial charge in [0.25, 0.3) is 5.91 Å². The van der Waals surface area contributed by atoms with Gasteiger partial charge in [-0.25, -0.2) is 0 Å².